The number of methoxy groups -OCH3 is 2. The van der Waals surface area contributed by atoms with Crippen molar-refractivity contribution in [3.8, 4) is 0 Å². The molecule has 0 aromatic carbocycles. The van der Waals surface area contributed by atoms with Gasteiger partial charge in [-0.25, -0.2) is 19.2 Å². The molecule has 3 N–H and O–H groups in total. The van der Waals surface area contributed by atoms with Crippen LogP contribution in [0.5, 0.6) is 0 Å². The Morgan fingerprint density at radius 2 is 1.58 bits per heavy atom. The summed E-state index contributed by atoms with van der Waals surface area (Å²) in [6, 6.07) is -2.58. The van der Waals surface area contributed by atoms with Crippen molar-refractivity contribution in [2.45, 2.75) is 90.6 Å². The number of rotatable bonds is 7. The fourth-order valence-corrected chi connectivity index (χ4v) is 4.49. The van der Waals surface area contributed by atoms with Crippen molar-refractivity contribution in [1.82, 2.24) is 15.1 Å². The lowest BCUT2D eigenvalue weighted by Gasteiger charge is -2.31. The van der Waals surface area contributed by atoms with Crippen LogP contribution in [-0.2, 0) is 28.6 Å². The molecule has 13 nitrogen and oxygen atoms in total. The third-order valence-electron chi connectivity index (χ3n) is 6.30. The van der Waals surface area contributed by atoms with Gasteiger partial charge in [-0.2, -0.15) is 0 Å². The molecular formula is C25H43N3O10. The molecule has 0 radical (unpaired) electrons. The first-order valence-corrected chi connectivity index (χ1v) is 12.6. The Morgan fingerprint density at radius 3 is 2.03 bits per heavy atom. The van der Waals surface area contributed by atoms with Gasteiger partial charge in [0.25, 0.3) is 0 Å². The second-order valence-corrected chi connectivity index (χ2v) is 10.9. The molecule has 2 aliphatic heterocycles. The number of carboxylic acid groups (broad SMARTS) is 2. The number of hydrogen-bond donors (Lipinski definition) is 3. The highest BCUT2D eigenvalue weighted by molar-refractivity contribution is 5.90. The van der Waals surface area contributed by atoms with Gasteiger partial charge < -0.3 is 34.6 Å². The Morgan fingerprint density at radius 1 is 1.00 bits per heavy atom. The van der Waals surface area contributed by atoms with Crippen molar-refractivity contribution in [3.63, 3.8) is 0 Å². The van der Waals surface area contributed by atoms with Gasteiger partial charge in [-0.1, -0.05) is 13.8 Å². The molecule has 5 atom stereocenters. The molecule has 0 saturated carbocycles. The zero-order chi connectivity index (χ0) is 29.4. The molecule has 2 fully saturated rings. The quantitative estimate of drug-likeness (QED) is 0.430. The summed E-state index contributed by atoms with van der Waals surface area (Å²) in [7, 11) is 2.78. The molecule has 3 amide bonds. The van der Waals surface area contributed by atoms with E-state index in [0.29, 0.717) is 32.4 Å². The van der Waals surface area contributed by atoms with Crippen LogP contribution in [0, 0.1) is 11.8 Å². The summed E-state index contributed by atoms with van der Waals surface area (Å²) in [6.07, 6.45) is 0.212. The molecule has 0 aromatic heterocycles. The molecule has 2 heterocycles. The molecular weight excluding hydrogens is 502 g/mol. The average molecular weight is 546 g/mol. The second kappa shape index (κ2) is 14.2. The van der Waals surface area contributed by atoms with Gasteiger partial charge in [0.1, 0.15) is 23.7 Å². The molecule has 0 aromatic rings. The van der Waals surface area contributed by atoms with Gasteiger partial charge in [-0.05, 0) is 52.9 Å². The first-order chi connectivity index (χ1) is 17.5. The van der Waals surface area contributed by atoms with Crippen molar-refractivity contribution in [2.24, 2.45) is 11.8 Å². The average Bonchev–Trinajstić information content (AvgIpc) is 3.40. The monoisotopic (exact) mass is 545 g/mol. The van der Waals surface area contributed by atoms with E-state index in [2.05, 4.69) is 10.1 Å². The largest absolute Gasteiger partial charge is 0.480 e. The van der Waals surface area contributed by atoms with Crippen LogP contribution in [0.25, 0.3) is 0 Å². The molecule has 13 heteroatoms. The fourth-order valence-electron chi connectivity index (χ4n) is 4.49. The highest BCUT2D eigenvalue weighted by Crippen LogP contribution is 2.27. The van der Waals surface area contributed by atoms with Crippen LogP contribution >= 0.6 is 0 Å². The predicted octanol–water partition coefficient (Wildman–Crippen LogP) is 2.17. The van der Waals surface area contributed by atoms with E-state index < -0.39 is 47.9 Å². The van der Waals surface area contributed by atoms with Gasteiger partial charge in [0, 0.05) is 25.6 Å². The lowest BCUT2D eigenvalue weighted by Crippen LogP contribution is -2.55. The van der Waals surface area contributed by atoms with E-state index in [0.717, 1.165) is 0 Å². The maximum Gasteiger partial charge on any atom is 0.411 e. The maximum absolute atomic E-state index is 12.6. The molecule has 2 rings (SSSR count). The molecule has 2 saturated heterocycles. The SMILES string of the molecule is COC(=O)N[C@H](C(=O)N1[C@@H](C)CC[C@H]1C(=O)O)C(C)C.COC[C@H]1C[C@@H](C(=O)O)N(C(=O)OC(C)(C)C)C1. The number of ether oxygens (including phenoxy) is 3. The molecule has 0 aliphatic carbocycles. The van der Waals surface area contributed by atoms with Gasteiger partial charge in [-0.3, -0.25) is 9.69 Å². The van der Waals surface area contributed by atoms with E-state index in [9.17, 15) is 29.1 Å². The van der Waals surface area contributed by atoms with Crippen molar-refractivity contribution < 1.29 is 48.4 Å². The van der Waals surface area contributed by atoms with E-state index in [4.69, 9.17) is 14.6 Å². The topological polar surface area (TPSA) is 172 Å². The second-order valence-electron chi connectivity index (χ2n) is 10.9. The zero-order valence-corrected chi connectivity index (χ0v) is 23.6. The van der Waals surface area contributed by atoms with Crippen LogP contribution in [0.3, 0.4) is 0 Å². The van der Waals surface area contributed by atoms with Crippen molar-refractivity contribution in [1.29, 1.82) is 0 Å². The zero-order valence-electron chi connectivity index (χ0n) is 23.6. The minimum absolute atomic E-state index is 0.0450. The fraction of sp³-hybridized carbons (Fsp3) is 0.800. The lowest BCUT2D eigenvalue weighted by atomic mass is 10.0. The van der Waals surface area contributed by atoms with Gasteiger partial charge in [0.15, 0.2) is 0 Å². The Kier molecular flexibility index (Phi) is 12.3. The van der Waals surface area contributed by atoms with Gasteiger partial charge in [0.2, 0.25) is 5.91 Å². The minimum Gasteiger partial charge on any atom is -0.480 e. The maximum atomic E-state index is 12.6. The van der Waals surface area contributed by atoms with Crippen LogP contribution in [0.2, 0.25) is 0 Å². The Balaban J connectivity index is 0.000000382. The summed E-state index contributed by atoms with van der Waals surface area (Å²) in [4.78, 5) is 60.8. The normalized spacial score (nSPS) is 23.8. The standard InChI is InChI=1S/C13H22N2O5.C12H21NO5/c1-7(2)10(14-13(19)20-4)11(16)15-8(3)5-6-9(15)12(17)18;1-12(2,3)18-11(16)13-6-8(7-17-4)5-9(13)10(14)15/h7-10H,5-6H2,1-4H3,(H,14,19)(H,17,18);8-9H,5-7H2,1-4H3,(H,14,15)/t8-,9-,10-;8-,9-/m00/s1. The number of aliphatic carboxylic acids is 2. The van der Waals surface area contributed by atoms with Crippen LogP contribution in [0.1, 0.15) is 60.8 Å². The molecule has 38 heavy (non-hydrogen) atoms. The first kappa shape index (κ1) is 32.9. The molecule has 2 aliphatic rings. The number of carbonyl (C=O) groups excluding carboxylic acids is 3. The lowest BCUT2D eigenvalue weighted by molar-refractivity contribution is -0.150. The highest BCUT2D eigenvalue weighted by atomic mass is 16.6. The smallest absolute Gasteiger partial charge is 0.411 e. The van der Waals surface area contributed by atoms with Gasteiger partial charge >= 0.3 is 24.1 Å². The minimum atomic E-state index is -1.01. The van der Waals surface area contributed by atoms with E-state index in [1.54, 1.807) is 41.7 Å². The molecule has 0 unspecified atom stereocenters. The summed E-state index contributed by atoms with van der Waals surface area (Å²) >= 11 is 0. The summed E-state index contributed by atoms with van der Waals surface area (Å²) in [5.41, 5.74) is -0.626. The van der Waals surface area contributed by atoms with Crippen molar-refractivity contribution in [3.05, 3.63) is 0 Å². The number of amides is 3. The highest BCUT2D eigenvalue weighted by Gasteiger charge is 2.43. The Bertz CT molecular complexity index is 857. The summed E-state index contributed by atoms with van der Waals surface area (Å²) in [5, 5.41) is 20.8. The Labute approximate surface area is 223 Å². The van der Waals surface area contributed by atoms with Crippen molar-refractivity contribution >= 4 is 30.0 Å². The predicted molar refractivity (Wildman–Crippen MR) is 135 cm³/mol. The summed E-state index contributed by atoms with van der Waals surface area (Å²) < 4.78 is 14.7. The molecule has 218 valence electrons. The number of nitrogens with one attached hydrogen (secondary N) is 1. The van der Waals surface area contributed by atoms with Gasteiger partial charge in [0.05, 0.1) is 13.7 Å². The third-order valence-corrected chi connectivity index (χ3v) is 6.30. The number of carboxylic acids is 2. The van der Waals surface area contributed by atoms with Gasteiger partial charge in [-0.15, -0.1) is 0 Å². The number of hydrogen-bond acceptors (Lipinski definition) is 8. The molecule has 0 bridgehead atoms. The van der Waals surface area contributed by atoms with Crippen LogP contribution in [-0.4, -0.2) is 107 Å². The Hall–Kier alpha value is -3.09. The van der Waals surface area contributed by atoms with E-state index in [1.165, 1.54) is 16.9 Å². The van der Waals surface area contributed by atoms with Crippen LogP contribution < -0.4 is 5.32 Å². The number of carbonyl (C=O) groups is 5. The molecule has 0 spiro atoms. The van der Waals surface area contributed by atoms with E-state index >= 15 is 0 Å². The van der Waals surface area contributed by atoms with Crippen LogP contribution in [0.4, 0.5) is 9.59 Å². The summed E-state index contributed by atoms with van der Waals surface area (Å²) in [6.45, 7) is 11.5. The number of likely N-dealkylation sites (tertiary alicyclic amines) is 2. The van der Waals surface area contributed by atoms with E-state index in [-0.39, 0.29) is 23.8 Å². The van der Waals surface area contributed by atoms with E-state index in [1.807, 2.05) is 6.92 Å². The van der Waals surface area contributed by atoms with Crippen LogP contribution in [0.15, 0.2) is 0 Å². The number of alkyl carbamates (subject to hydrolysis) is 1. The van der Waals surface area contributed by atoms with Crippen molar-refractivity contribution in [2.75, 3.05) is 27.4 Å². The first-order valence-electron chi connectivity index (χ1n) is 12.6. The summed E-state index contributed by atoms with van der Waals surface area (Å²) in [5.74, 6) is -2.50. The number of nitrogens with zero attached hydrogens (tertiary/aromatic N) is 2. The third kappa shape index (κ3) is 9.34.